The minimum atomic E-state index is -0.510. The van der Waals surface area contributed by atoms with E-state index in [1.54, 1.807) is 0 Å². The van der Waals surface area contributed by atoms with Gasteiger partial charge in [0.15, 0.2) is 0 Å². The van der Waals surface area contributed by atoms with Crippen molar-refractivity contribution in [1.82, 2.24) is 5.32 Å². The zero-order valence-electron chi connectivity index (χ0n) is 19.9. The fraction of sp³-hybridized carbons (Fsp3) is 0.920. The first-order valence-corrected chi connectivity index (χ1v) is 12.4. The first kappa shape index (κ1) is 27.9. The van der Waals surface area contributed by atoms with Gasteiger partial charge in [0.1, 0.15) is 6.04 Å². The summed E-state index contributed by atoms with van der Waals surface area (Å²) >= 11 is 0. The van der Waals surface area contributed by atoms with Crippen LogP contribution in [0.2, 0.25) is 0 Å². The van der Waals surface area contributed by atoms with Crippen LogP contribution in [0.25, 0.3) is 0 Å². The molecule has 172 valence electrons. The van der Waals surface area contributed by atoms with Crippen LogP contribution in [-0.4, -0.2) is 25.0 Å². The molecule has 4 nitrogen and oxygen atoms in total. The number of unbranched alkanes of at least 4 members (excludes halogenated alkanes) is 14. The molecule has 0 aliphatic carbocycles. The number of nitrogens with one attached hydrogen (secondary N) is 1. The average molecular weight is 412 g/mol. The average Bonchev–Trinajstić information content (AvgIpc) is 2.69. The first-order chi connectivity index (χ1) is 14.0. The molecule has 0 saturated heterocycles. The van der Waals surface area contributed by atoms with Gasteiger partial charge in [-0.25, -0.2) is 4.79 Å². The van der Waals surface area contributed by atoms with Crippen molar-refractivity contribution in [2.75, 3.05) is 7.11 Å². The van der Waals surface area contributed by atoms with Crippen LogP contribution in [0.4, 0.5) is 0 Å². The van der Waals surface area contributed by atoms with Gasteiger partial charge in [-0.1, -0.05) is 111 Å². The minimum Gasteiger partial charge on any atom is -0.467 e. The molecule has 0 spiro atoms. The van der Waals surface area contributed by atoms with Gasteiger partial charge in [-0.05, 0) is 18.8 Å². The number of hydrogen-bond acceptors (Lipinski definition) is 3. The monoisotopic (exact) mass is 411 g/mol. The van der Waals surface area contributed by atoms with E-state index in [2.05, 4.69) is 12.2 Å². The third-order valence-corrected chi connectivity index (χ3v) is 5.54. The fourth-order valence-corrected chi connectivity index (χ4v) is 3.75. The Labute approximate surface area is 180 Å². The molecule has 0 rings (SSSR count). The van der Waals surface area contributed by atoms with E-state index < -0.39 is 6.04 Å². The highest BCUT2D eigenvalue weighted by Crippen LogP contribution is 2.14. The van der Waals surface area contributed by atoms with Crippen molar-refractivity contribution in [2.24, 2.45) is 5.92 Å². The maximum atomic E-state index is 12.1. The summed E-state index contributed by atoms with van der Waals surface area (Å²) in [5.41, 5.74) is 0. The van der Waals surface area contributed by atoms with E-state index in [-0.39, 0.29) is 11.9 Å². The van der Waals surface area contributed by atoms with Crippen molar-refractivity contribution in [1.29, 1.82) is 0 Å². The Bertz CT molecular complexity index is 396. The van der Waals surface area contributed by atoms with Crippen LogP contribution in [0.3, 0.4) is 0 Å². The fourth-order valence-electron chi connectivity index (χ4n) is 3.75. The Kier molecular flexibility index (Phi) is 19.5. The predicted molar refractivity (Wildman–Crippen MR) is 123 cm³/mol. The number of rotatable bonds is 20. The van der Waals surface area contributed by atoms with Crippen LogP contribution in [0.1, 0.15) is 130 Å². The van der Waals surface area contributed by atoms with Crippen molar-refractivity contribution in [3.63, 3.8) is 0 Å². The predicted octanol–water partition coefficient (Wildman–Crippen LogP) is 6.95. The number of carbonyl (C=O) groups excluding carboxylic acids is 2. The van der Waals surface area contributed by atoms with Crippen molar-refractivity contribution in [3.8, 4) is 0 Å². The van der Waals surface area contributed by atoms with E-state index in [4.69, 9.17) is 4.74 Å². The second kappa shape index (κ2) is 20.2. The van der Waals surface area contributed by atoms with Gasteiger partial charge in [-0.15, -0.1) is 0 Å². The van der Waals surface area contributed by atoms with Crippen LogP contribution in [0, 0.1) is 5.92 Å². The third-order valence-electron chi connectivity index (χ3n) is 5.54. The zero-order chi connectivity index (χ0) is 21.7. The van der Waals surface area contributed by atoms with Gasteiger partial charge < -0.3 is 10.1 Å². The highest BCUT2D eigenvalue weighted by atomic mass is 16.5. The highest BCUT2D eigenvalue weighted by molar-refractivity contribution is 5.84. The molecule has 0 aromatic heterocycles. The maximum absolute atomic E-state index is 12.1. The lowest BCUT2D eigenvalue weighted by Crippen LogP contribution is -2.42. The van der Waals surface area contributed by atoms with Gasteiger partial charge in [-0.3, -0.25) is 4.79 Å². The molecule has 0 fully saturated rings. The summed E-state index contributed by atoms with van der Waals surface area (Å²) < 4.78 is 4.79. The van der Waals surface area contributed by atoms with Crippen LogP contribution in [0.15, 0.2) is 0 Å². The Hall–Kier alpha value is -1.06. The molecule has 0 aromatic rings. The number of methoxy groups -OCH3 is 1. The van der Waals surface area contributed by atoms with E-state index in [1.807, 2.05) is 13.8 Å². The molecule has 0 aliphatic heterocycles. The smallest absolute Gasteiger partial charge is 0.328 e. The molecule has 29 heavy (non-hydrogen) atoms. The Balaban J connectivity index is 3.49. The van der Waals surface area contributed by atoms with E-state index in [0.29, 0.717) is 18.8 Å². The van der Waals surface area contributed by atoms with Gasteiger partial charge in [-0.2, -0.15) is 0 Å². The second-order valence-electron chi connectivity index (χ2n) is 8.97. The summed E-state index contributed by atoms with van der Waals surface area (Å²) in [5, 5.41) is 2.84. The molecule has 1 amide bonds. The van der Waals surface area contributed by atoms with Crippen molar-refractivity contribution in [2.45, 2.75) is 136 Å². The Morgan fingerprint density at radius 2 is 1.14 bits per heavy atom. The topological polar surface area (TPSA) is 55.4 Å². The van der Waals surface area contributed by atoms with Crippen molar-refractivity contribution < 1.29 is 14.3 Å². The number of esters is 1. The summed E-state index contributed by atoms with van der Waals surface area (Å²) in [6, 6.07) is -0.510. The number of amides is 1. The molecule has 0 saturated carbocycles. The van der Waals surface area contributed by atoms with Crippen LogP contribution < -0.4 is 5.32 Å². The van der Waals surface area contributed by atoms with E-state index in [0.717, 1.165) is 12.8 Å². The normalized spacial score (nSPS) is 12.2. The van der Waals surface area contributed by atoms with Gasteiger partial charge in [0.2, 0.25) is 5.91 Å². The molecule has 0 heterocycles. The van der Waals surface area contributed by atoms with Crippen LogP contribution in [-0.2, 0) is 14.3 Å². The molecule has 0 bridgehead atoms. The lowest BCUT2D eigenvalue weighted by molar-refractivity contribution is -0.145. The molecule has 4 heteroatoms. The van der Waals surface area contributed by atoms with E-state index in [9.17, 15) is 9.59 Å². The standard InChI is InChI=1S/C25H49NO3/c1-5-6-7-8-9-10-11-12-13-14-15-16-17-18-19-20-24(27)26-23(21-22(2)3)25(28)29-4/h22-23H,5-21H2,1-4H3,(H,26,27). The molecule has 0 aliphatic rings. The van der Waals surface area contributed by atoms with Gasteiger partial charge >= 0.3 is 5.97 Å². The van der Waals surface area contributed by atoms with E-state index >= 15 is 0 Å². The Morgan fingerprint density at radius 1 is 0.724 bits per heavy atom. The molecule has 0 aromatic carbocycles. The van der Waals surface area contributed by atoms with Crippen molar-refractivity contribution in [3.05, 3.63) is 0 Å². The van der Waals surface area contributed by atoms with E-state index in [1.165, 1.54) is 90.6 Å². The lowest BCUT2D eigenvalue weighted by Gasteiger charge is -2.18. The molecule has 1 atom stereocenters. The largest absolute Gasteiger partial charge is 0.467 e. The summed E-state index contributed by atoms with van der Waals surface area (Å²) in [6.07, 6.45) is 20.9. The molecule has 0 radical (unpaired) electrons. The molecular weight excluding hydrogens is 362 g/mol. The van der Waals surface area contributed by atoms with Crippen LogP contribution in [0.5, 0.6) is 0 Å². The molecular formula is C25H49NO3. The second-order valence-corrected chi connectivity index (χ2v) is 8.97. The Morgan fingerprint density at radius 3 is 1.52 bits per heavy atom. The SMILES string of the molecule is CCCCCCCCCCCCCCCCCC(=O)NC(CC(C)C)C(=O)OC. The summed E-state index contributed by atoms with van der Waals surface area (Å²) in [4.78, 5) is 23.8. The van der Waals surface area contributed by atoms with Gasteiger partial charge in [0, 0.05) is 6.42 Å². The zero-order valence-corrected chi connectivity index (χ0v) is 19.9. The van der Waals surface area contributed by atoms with Crippen LogP contribution >= 0.6 is 0 Å². The van der Waals surface area contributed by atoms with Gasteiger partial charge in [0.05, 0.1) is 7.11 Å². The third kappa shape index (κ3) is 18.7. The molecule has 1 N–H and O–H groups in total. The van der Waals surface area contributed by atoms with Crippen molar-refractivity contribution >= 4 is 11.9 Å². The number of hydrogen-bond donors (Lipinski definition) is 1. The molecule has 1 unspecified atom stereocenters. The summed E-state index contributed by atoms with van der Waals surface area (Å²) in [7, 11) is 1.37. The first-order valence-electron chi connectivity index (χ1n) is 12.4. The maximum Gasteiger partial charge on any atom is 0.328 e. The highest BCUT2D eigenvalue weighted by Gasteiger charge is 2.22. The summed E-state index contributed by atoms with van der Waals surface area (Å²) in [5.74, 6) is -0.0375. The minimum absolute atomic E-state index is 0.0317. The van der Waals surface area contributed by atoms with Gasteiger partial charge in [0.25, 0.3) is 0 Å². The number of ether oxygens (including phenoxy) is 1. The number of carbonyl (C=O) groups is 2. The summed E-state index contributed by atoms with van der Waals surface area (Å²) in [6.45, 7) is 6.35. The quantitative estimate of drug-likeness (QED) is 0.174. The lowest BCUT2D eigenvalue weighted by atomic mass is 10.0.